The van der Waals surface area contributed by atoms with Crippen molar-refractivity contribution in [2.45, 2.75) is 34.6 Å². The summed E-state index contributed by atoms with van der Waals surface area (Å²) >= 11 is 0. The van der Waals surface area contributed by atoms with Crippen molar-refractivity contribution in [3.63, 3.8) is 0 Å². The van der Waals surface area contributed by atoms with Gasteiger partial charge in [-0.05, 0) is 74.1 Å². The van der Waals surface area contributed by atoms with Gasteiger partial charge in [0.25, 0.3) is 0 Å². The summed E-state index contributed by atoms with van der Waals surface area (Å²) in [5.74, 6) is 0.219. The molecule has 22 heavy (non-hydrogen) atoms. The maximum absolute atomic E-state index is 11.0. The third-order valence-corrected chi connectivity index (χ3v) is 4.34. The van der Waals surface area contributed by atoms with Gasteiger partial charge in [0, 0.05) is 0 Å². The van der Waals surface area contributed by atoms with Crippen LogP contribution >= 0.6 is 7.82 Å². The lowest BCUT2D eigenvalue weighted by Gasteiger charge is -2.18. The molecule has 2 aromatic rings. The normalized spacial score (nSPS) is 11.6. The van der Waals surface area contributed by atoms with E-state index in [2.05, 4.69) is 32.9 Å². The lowest BCUT2D eigenvalue weighted by Crippen LogP contribution is -1.98. The zero-order valence-corrected chi connectivity index (χ0v) is 14.4. The monoisotopic (exact) mass is 320 g/mol. The van der Waals surface area contributed by atoms with Crippen LogP contribution in [0, 0.1) is 34.6 Å². The Morgan fingerprint density at radius 3 is 1.95 bits per heavy atom. The molecule has 0 unspecified atom stereocenters. The van der Waals surface area contributed by atoms with Gasteiger partial charge in [0.15, 0.2) is 0 Å². The van der Waals surface area contributed by atoms with E-state index in [1.54, 1.807) is 6.07 Å². The Bertz CT molecular complexity index is 751. The summed E-state index contributed by atoms with van der Waals surface area (Å²) in [5, 5.41) is 0. The fourth-order valence-electron chi connectivity index (χ4n) is 2.90. The first-order chi connectivity index (χ1) is 10.1. The highest BCUT2D eigenvalue weighted by Crippen LogP contribution is 2.42. The van der Waals surface area contributed by atoms with Crippen LogP contribution < -0.4 is 4.52 Å². The van der Waals surface area contributed by atoms with Crippen molar-refractivity contribution in [1.82, 2.24) is 0 Å². The number of aryl methyl sites for hydroxylation is 3. The van der Waals surface area contributed by atoms with Crippen LogP contribution in [0.2, 0.25) is 0 Å². The lowest BCUT2D eigenvalue weighted by atomic mass is 9.89. The Labute approximate surface area is 131 Å². The molecule has 0 saturated heterocycles. The minimum Gasteiger partial charge on any atom is -0.404 e. The van der Waals surface area contributed by atoms with Crippen molar-refractivity contribution < 1.29 is 18.9 Å². The van der Waals surface area contributed by atoms with E-state index in [1.165, 1.54) is 16.7 Å². The molecule has 0 bridgehead atoms. The Morgan fingerprint density at radius 1 is 0.909 bits per heavy atom. The van der Waals surface area contributed by atoms with Crippen LogP contribution in [0.5, 0.6) is 5.75 Å². The summed E-state index contributed by atoms with van der Waals surface area (Å²) in [4.78, 5) is 18.0. The van der Waals surface area contributed by atoms with Gasteiger partial charge in [-0.2, -0.15) is 0 Å². The van der Waals surface area contributed by atoms with E-state index in [0.29, 0.717) is 0 Å². The Morgan fingerprint density at radius 2 is 1.45 bits per heavy atom. The Kier molecular flexibility index (Phi) is 4.48. The first-order valence-electron chi connectivity index (χ1n) is 7.03. The predicted octanol–water partition coefficient (Wildman–Crippen LogP) is 4.37. The van der Waals surface area contributed by atoms with E-state index in [0.717, 1.165) is 22.3 Å². The number of phosphoric acid groups is 1. The molecule has 0 fully saturated rings. The molecular weight excluding hydrogens is 299 g/mol. The second kappa shape index (κ2) is 5.88. The second-order valence-corrected chi connectivity index (χ2v) is 6.88. The second-order valence-electron chi connectivity index (χ2n) is 5.72. The summed E-state index contributed by atoms with van der Waals surface area (Å²) in [6, 6.07) is 7.75. The number of hydrogen-bond acceptors (Lipinski definition) is 2. The minimum atomic E-state index is -4.55. The topological polar surface area (TPSA) is 66.8 Å². The highest BCUT2D eigenvalue weighted by Gasteiger charge is 2.19. The fourth-order valence-corrected chi connectivity index (χ4v) is 3.35. The number of benzene rings is 2. The molecule has 118 valence electrons. The van der Waals surface area contributed by atoms with Crippen molar-refractivity contribution in [3.05, 3.63) is 52.1 Å². The molecule has 4 nitrogen and oxygen atoms in total. The zero-order chi connectivity index (χ0) is 16.7. The maximum Gasteiger partial charge on any atom is 0.524 e. The predicted molar refractivity (Wildman–Crippen MR) is 88.2 cm³/mol. The van der Waals surface area contributed by atoms with Crippen molar-refractivity contribution in [3.8, 4) is 16.9 Å². The fraction of sp³-hybridized carbons (Fsp3) is 0.294. The third-order valence-electron chi connectivity index (χ3n) is 3.90. The standard InChI is InChI=1S/C17H21O4P/c1-10-8-11(2)17(12(3)9-10)15-6-7-16(14(5)13(15)4)21-22(18,19)20/h6-9H,1-5H3,(H2,18,19,20). The molecule has 5 heteroatoms. The molecule has 0 aliphatic carbocycles. The molecular formula is C17H21O4P. The molecule has 2 N–H and O–H groups in total. The van der Waals surface area contributed by atoms with E-state index in [-0.39, 0.29) is 5.75 Å². The van der Waals surface area contributed by atoms with E-state index < -0.39 is 7.82 Å². The molecule has 2 aromatic carbocycles. The quantitative estimate of drug-likeness (QED) is 0.824. The highest BCUT2D eigenvalue weighted by molar-refractivity contribution is 7.46. The van der Waals surface area contributed by atoms with Crippen LogP contribution in [0.25, 0.3) is 11.1 Å². The van der Waals surface area contributed by atoms with Crippen molar-refractivity contribution in [1.29, 1.82) is 0 Å². The molecule has 0 aliphatic heterocycles. The number of rotatable bonds is 3. The average molecular weight is 320 g/mol. The van der Waals surface area contributed by atoms with E-state index >= 15 is 0 Å². The zero-order valence-electron chi connectivity index (χ0n) is 13.5. The van der Waals surface area contributed by atoms with Gasteiger partial charge in [0.1, 0.15) is 5.75 Å². The Hall–Kier alpha value is -1.61. The molecule has 0 saturated carbocycles. The molecule has 0 atom stereocenters. The largest absolute Gasteiger partial charge is 0.524 e. The summed E-state index contributed by atoms with van der Waals surface area (Å²) < 4.78 is 15.8. The lowest BCUT2D eigenvalue weighted by molar-refractivity contribution is 0.282. The summed E-state index contributed by atoms with van der Waals surface area (Å²) in [5.41, 5.74) is 7.50. The number of phosphoric ester groups is 1. The van der Waals surface area contributed by atoms with Crippen molar-refractivity contribution in [2.24, 2.45) is 0 Å². The minimum absolute atomic E-state index is 0.219. The molecule has 0 heterocycles. The summed E-state index contributed by atoms with van der Waals surface area (Å²) in [6.45, 7) is 9.96. The summed E-state index contributed by atoms with van der Waals surface area (Å²) in [7, 11) is -4.55. The molecule has 0 radical (unpaired) electrons. The molecule has 2 rings (SSSR count). The van der Waals surface area contributed by atoms with Gasteiger partial charge in [-0.1, -0.05) is 23.8 Å². The molecule has 0 aromatic heterocycles. The van der Waals surface area contributed by atoms with E-state index in [1.807, 2.05) is 19.9 Å². The van der Waals surface area contributed by atoms with Crippen LogP contribution in [0.15, 0.2) is 24.3 Å². The SMILES string of the molecule is Cc1cc(C)c(-c2ccc(OP(=O)(O)O)c(C)c2C)c(C)c1. The van der Waals surface area contributed by atoms with Crippen LogP contribution in [0.1, 0.15) is 27.8 Å². The van der Waals surface area contributed by atoms with Crippen LogP contribution in [-0.4, -0.2) is 9.79 Å². The van der Waals surface area contributed by atoms with Gasteiger partial charge < -0.3 is 4.52 Å². The van der Waals surface area contributed by atoms with Gasteiger partial charge in [0.05, 0.1) is 0 Å². The van der Waals surface area contributed by atoms with Crippen LogP contribution in [0.3, 0.4) is 0 Å². The van der Waals surface area contributed by atoms with Gasteiger partial charge in [-0.25, -0.2) is 4.57 Å². The van der Waals surface area contributed by atoms with Crippen LogP contribution in [0.4, 0.5) is 0 Å². The maximum atomic E-state index is 11.0. The molecule has 0 aliphatic rings. The first-order valence-corrected chi connectivity index (χ1v) is 8.56. The average Bonchev–Trinajstić information content (AvgIpc) is 2.35. The van der Waals surface area contributed by atoms with Gasteiger partial charge in [0.2, 0.25) is 0 Å². The number of hydrogen-bond donors (Lipinski definition) is 2. The van der Waals surface area contributed by atoms with Crippen molar-refractivity contribution in [2.75, 3.05) is 0 Å². The van der Waals surface area contributed by atoms with E-state index in [9.17, 15) is 4.57 Å². The van der Waals surface area contributed by atoms with Gasteiger partial charge in [-0.3, -0.25) is 9.79 Å². The van der Waals surface area contributed by atoms with Crippen molar-refractivity contribution >= 4 is 7.82 Å². The van der Waals surface area contributed by atoms with E-state index in [4.69, 9.17) is 14.3 Å². The summed E-state index contributed by atoms with van der Waals surface area (Å²) in [6.07, 6.45) is 0. The highest BCUT2D eigenvalue weighted by atomic mass is 31.2. The molecule has 0 spiro atoms. The van der Waals surface area contributed by atoms with Gasteiger partial charge in [-0.15, -0.1) is 0 Å². The first kappa shape index (κ1) is 16.8. The third kappa shape index (κ3) is 3.41. The Balaban J connectivity index is 2.60. The van der Waals surface area contributed by atoms with Gasteiger partial charge >= 0.3 is 7.82 Å². The smallest absolute Gasteiger partial charge is 0.404 e. The molecule has 0 amide bonds. The van der Waals surface area contributed by atoms with Crippen LogP contribution in [-0.2, 0) is 4.57 Å².